The second kappa shape index (κ2) is 1.71. The molecule has 1 heterocycles. The molecule has 44 valence electrons. The molecule has 0 bridgehead atoms. The molecule has 8 heavy (non-hydrogen) atoms. The van der Waals surface area contributed by atoms with E-state index in [1.807, 2.05) is 6.92 Å². The van der Waals surface area contributed by atoms with Crippen molar-refractivity contribution in [2.24, 2.45) is 0 Å². The van der Waals surface area contributed by atoms with Gasteiger partial charge in [0.25, 0.3) is 0 Å². The summed E-state index contributed by atoms with van der Waals surface area (Å²) in [4.78, 5) is 2.78. The Kier molecular flexibility index (Phi) is 1.18. The SMILES string of the molecule is Cc1c[nH]c(Cl)c1N. The van der Waals surface area contributed by atoms with Crippen LogP contribution in [0, 0.1) is 6.92 Å². The third-order valence-corrected chi connectivity index (χ3v) is 1.39. The first-order valence-corrected chi connectivity index (χ1v) is 2.68. The van der Waals surface area contributed by atoms with Crippen LogP contribution < -0.4 is 5.73 Å². The van der Waals surface area contributed by atoms with Crippen molar-refractivity contribution in [2.45, 2.75) is 6.92 Å². The summed E-state index contributed by atoms with van der Waals surface area (Å²) in [6.07, 6.45) is 1.78. The minimum Gasteiger partial charge on any atom is -0.396 e. The number of aryl methyl sites for hydroxylation is 1. The van der Waals surface area contributed by atoms with E-state index in [4.69, 9.17) is 17.3 Å². The number of H-pyrrole nitrogens is 1. The summed E-state index contributed by atoms with van der Waals surface area (Å²) in [5.41, 5.74) is 7.08. The minimum absolute atomic E-state index is 0.530. The number of hydrogen-bond donors (Lipinski definition) is 2. The van der Waals surface area contributed by atoms with E-state index >= 15 is 0 Å². The molecule has 1 aromatic heterocycles. The Bertz CT molecular complexity index is 173. The highest BCUT2D eigenvalue weighted by molar-refractivity contribution is 6.32. The fourth-order valence-electron chi connectivity index (χ4n) is 0.500. The van der Waals surface area contributed by atoms with E-state index in [2.05, 4.69) is 4.98 Å². The van der Waals surface area contributed by atoms with Crippen LogP contribution >= 0.6 is 11.6 Å². The lowest BCUT2D eigenvalue weighted by molar-refractivity contribution is 1.39. The highest BCUT2D eigenvalue weighted by atomic mass is 35.5. The van der Waals surface area contributed by atoms with Crippen molar-refractivity contribution in [3.63, 3.8) is 0 Å². The van der Waals surface area contributed by atoms with E-state index in [0.717, 1.165) is 5.56 Å². The van der Waals surface area contributed by atoms with Crippen LogP contribution in [-0.4, -0.2) is 4.98 Å². The van der Waals surface area contributed by atoms with Gasteiger partial charge < -0.3 is 10.7 Å². The van der Waals surface area contributed by atoms with Crippen LogP contribution in [0.1, 0.15) is 5.56 Å². The number of nitrogens with one attached hydrogen (secondary N) is 1. The number of rotatable bonds is 0. The molecule has 0 aliphatic heterocycles. The molecule has 1 aromatic rings. The molecule has 0 unspecified atom stereocenters. The first-order valence-electron chi connectivity index (χ1n) is 2.31. The summed E-state index contributed by atoms with van der Waals surface area (Å²) in [5, 5.41) is 0.530. The number of nitrogen functional groups attached to an aromatic ring is 1. The first kappa shape index (κ1) is 5.51. The smallest absolute Gasteiger partial charge is 0.129 e. The Morgan fingerprint density at radius 2 is 2.38 bits per heavy atom. The maximum atomic E-state index is 5.55. The van der Waals surface area contributed by atoms with Crippen LogP contribution in [-0.2, 0) is 0 Å². The maximum absolute atomic E-state index is 5.55. The highest BCUT2D eigenvalue weighted by Gasteiger charge is 1.97. The van der Waals surface area contributed by atoms with Crippen LogP contribution in [0.4, 0.5) is 5.69 Å². The molecule has 0 aliphatic carbocycles. The van der Waals surface area contributed by atoms with Crippen LogP contribution in [0.5, 0.6) is 0 Å². The molecule has 2 nitrogen and oxygen atoms in total. The standard InChI is InChI=1S/C5H7ClN2/c1-3-2-8-5(6)4(3)7/h2,8H,7H2,1H3. The lowest BCUT2D eigenvalue weighted by Crippen LogP contribution is -1.83. The molecule has 0 saturated carbocycles. The topological polar surface area (TPSA) is 41.8 Å². The highest BCUT2D eigenvalue weighted by Crippen LogP contribution is 2.19. The molecular formula is C5H7ClN2. The molecular weight excluding hydrogens is 124 g/mol. The molecule has 0 amide bonds. The number of anilines is 1. The average Bonchev–Trinajstić information content (AvgIpc) is 1.98. The zero-order chi connectivity index (χ0) is 6.15. The van der Waals surface area contributed by atoms with E-state index in [1.54, 1.807) is 6.20 Å². The molecule has 3 heteroatoms. The Balaban J connectivity index is 3.19. The van der Waals surface area contributed by atoms with Crippen molar-refractivity contribution in [3.05, 3.63) is 16.9 Å². The lowest BCUT2D eigenvalue weighted by Gasteiger charge is -1.85. The van der Waals surface area contributed by atoms with Gasteiger partial charge in [-0.15, -0.1) is 0 Å². The summed E-state index contributed by atoms with van der Waals surface area (Å²) < 4.78 is 0. The molecule has 0 aromatic carbocycles. The second-order valence-electron chi connectivity index (χ2n) is 1.70. The van der Waals surface area contributed by atoms with Crippen molar-refractivity contribution >= 4 is 17.3 Å². The van der Waals surface area contributed by atoms with Gasteiger partial charge in [0.15, 0.2) is 0 Å². The summed E-state index contributed by atoms with van der Waals surface area (Å²) in [5.74, 6) is 0. The van der Waals surface area contributed by atoms with Gasteiger partial charge in [-0.2, -0.15) is 0 Å². The maximum Gasteiger partial charge on any atom is 0.129 e. The summed E-state index contributed by atoms with van der Waals surface area (Å²) in [6.45, 7) is 1.90. The summed E-state index contributed by atoms with van der Waals surface area (Å²) in [7, 11) is 0. The molecule has 0 fully saturated rings. The van der Waals surface area contributed by atoms with E-state index in [-0.39, 0.29) is 0 Å². The van der Waals surface area contributed by atoms with Crippen molar-refractivity contribution in [1.29, 1.82) is 0 Å². The van der Waals surface area contributed by atoms with E-state index < -0.39 is 0 Å². The van der Waals surface area contributed by atoms with Crippen molar-refractivity contribution in [3.8, 4) is 0 Å². The van der Waals surface area contributed by atoms with Crippen molar-refractivity contribution < 1.29 is 0 Å². The molecule has 3 N–H and O–H groups in total. The first-order chi connectivity index (χ1) is 3.72. The lowest BCUT2D eigenvalue weighted by atomic mass is 10.3. The monoisotopic (exact) mass is 130 g/mol. The summed E-state index contributed by atoms with van der Waals surface area (Å²) in [6, 6.07) is 0. The molecule has 0 atom stereocenters. The van der Waals surface area contributed by atoms with E-state index in [0.29, 0.717) is 10.8 Å². The Labute approximate surface area is 52.6 Å². The van der Waals surface area contributed by atoms with Gasteiger partial charge in [0.1, 0.15) is 5.15 Å². The van der Waals surface area contributed by atoms with Gasteiger partial charge in [0.2, 0.25) is 0 Å². The zero-order valence-electron chi connectivity index (χ0n) is 4.53. The Morgan fingerprint density at radius 1 is 1.75 bits per heavy atom. The zero-order valence-corrected chi connectivity index (χ0v) is 5.29. The molecule has 1 rings (SSSR count). The molecule has 0 saturated heterocycles. The molecule has 0 radical (unpaired) electrons. The third-order valence-electron chi connectivity index (χ3n) is 1.08. The van der Waals surface area contributed by atoms with Crippen molar-refractivity contribution in [1.82, 2.24) is 4.98 Å². The fraction of sp³-hybridized carbons (Fsp3) is 0.200. The summed E-state index contributed by atoms with van der Waals surface area (Å²) >= 11 is 5.55. The van der Waals surface area contributed by atoms with Gasteiger partial charge in [0, 0.05) is 6.20 Å². The largest absolute Gasteiger partial charge is 0.396 e. The van der Waals surface area contributed by atoms with Gasteiger partial charge in [0.05, 0.1) is 5.69 Å². The van der Waals surface area contributed by atoms with Gasteiger partial charge in [-0.25, -0.2) is 0 Å². The predicted octanol–water partition coefficient (Wildman–Crippen LogP) is 1.56. The van der Waals surface area contributed by atoms with Crippen LogP contribution in [0.2, 0.25) is 5.15 Å². The van der Waals surface area contributed by atoms with E-state index in [9.17, 15) is 0 Å². The Morgan fingerprint density at radius 3 is 2.50 bits per heavy atom. The molecule has 0 aliphatic rings. The fourth-order valence-corrected chi connectivity index (χ4v) is 0.704. The second-order valence-corrected chi connectivity index (χ2v) is 2.08. The number of aromatic amines is 1. The number of hydrogen-bond acceptors (Lipinski definition) is 1. The third kappa shape index (κ3) is 0.670. The van der Waals surface area contributed by atoms with Gasteiger partial charge in [-0.1, -0.05) is 11.6 Å². The number of nitrogens with two attached hydrogens (primary N) is 1. The Hall–Kier alpha value is -0.630. The number of halogens is 1. The normalized spacial score (nSPS) is 9.75. The molecule has 0 spiro atoms. The van der Waals surface area contributed by atoms with Crippen molar-refractivity contribution in [2.75, 3.05) is 5.73 Å². The van der Waals surface area contributed by atoms with Gasteiger partial charge in [-0.05, 0) is 12.5 Å². The minimum atomic E-state index is 0.530. The van der Waals surface area contributed by atoms with E-state index in [1.165, 1.54) is 0 Å². The van der Waals surface area contributed by atoms with Gasteiger partial charge >= 0.3 is 0 Å². The number of aromatic nitrogens is 1. The quantitative estimate of drug-likeness (QED) is 0.550. The predicted molar refractivity (Wildman–Crippen MR) is 35.0 cm³/mol. The average molecular weight is 131 g/mol. The van der Waals surface area contributed by atoms with Crippen LogP contribution in [0.15, 0.2) is 6.20 Å². The van der Waals surface area contributed by atoms with Crippen LogP contribution in [0.25, 0.3) is 0 Å². The van der Waals surface area contributed by atoms with Gasteiger partial charge in [-0.3, -0.25) is 0 Å². The van der Waals surface area contributed by atoms with Crippen LogP contribution in [0.3, 0.4) is 0 Å².